The lowest BCUT2D eigenvalue weighted by Crippen LogP contribution is -2.01. The number of hydrogen-bond acceptors (Lipinski definition) is 3. The van der Waals surface area contributed by atoms with Gasteiger partial charge in [-0.05, 0) is 29.5 Å². The zero-order valence-corrected chi connectivity index (χ0v) is 8.57. The van der Waals surface area contributed by atoms with E-state index in [1.165, 1.54) is 0 Å². The van der Waals surface area contributed by atoms with Crippen molar-refractivity contribution in [2.24, 2.45) is 0 Å². The van der Waals surface area contributed by atoms with Crippen molar-refractivity contribution in [1.29, 1.82) is 0 Å². The van der Waals surface area contributed by atoms with Gasteiger partial charge in [0, 0.05) is 23.1 Å². The standard InChI is InChI=1S/C7H9IN2O/c1-5(11-2)7-9-3-6(8)4-10-7/h3-5H,1-2H3. The Morgan fingerprint density at radius 2 is 2.00 bits per heavy atom. The van der Waals surface area contributed by atoms with Crippen molar-refractivity contribution in [3.63, 3.8) is 0 Å². The second kappa shape index (κ2) is 3.96. The monoisotopic (exact) mass is 264 g/mol. The molecule has 1 aromatic heterocycles. The molecule has 0 aliphatic heterocycles. The van der Waals surface area contributed by atoms with Crippen LogP contribution in [0.15, 0.2) is 12.4 Å². The van der Waals surface area contributed by atoms with E-state index >= 15 is 0 Å². The summed E-state index contributed by atoms with van der Waals surface area (Å²) < 4.78 is 6.09. The molecule has 4 heteroatoms. The van der Waals surface area contributed by atoms with Crippen LogP contribution < -0.4 is 0 Å². The predicted octanol–water partition coefficient (Wildman–Crippen LogP) is 1.79. The lowest BCUT2D eigenvalue weighted by Gasteiger charge is -2.05. The lowest BCUT2D eigenvalue weighted by molar-refractivity contribution is 0.112. The van der Waals surface area contributed by atoms with Gasteiger partial charge in [-0.25, -0.2) is 9.97 Å². The summed E-state index contributed by atoms with van der Waals surface area (Å²) in [6, 6.07) is 0. The first kappa shape index (κ1) is 8.86. The van der Waals surface area contributed by atoms with Crippen LogP contribution in [0.5, 0.6) is 0 Å². The highest BCUT2D eigenvalue weighted by Crippen LogP contribution is 2.10. The predicted molar refractivity (Wildman–Crippen MR) is 50.2 cm³/mol. The molecule has 3 nitrogen and oxygen atoms in total. The third-order valence-electron chi connectivity index (χ3n) is 1.36. The van der Waals surface area contributed by atoms with Crippen molar-refractivity contribution >= 4 is 22.6 Å². The second-order valence-corrected chi connectivity index (χ2v) is 3.38. The summed E-state index contributed by atoms with van der Waals surface area (Å²) in [6.45, 7) is 1.92. The van der Waals surface area contributed by atoms with Crippen LogP contribution in [0.3, 0.4) is 0 Å². The Balaban J connectivity index is 2.81. The molecule has 1 aromatic rings. The quantitative estimate of drug-likeness (QED) is 0.764. The molecule has 0 saturated heterocycles. The number of aromatic nitrogens is 2. The minimum atomic E-state index is -0.0213. The minimum absolute atomic E-state index is 0.0213. The molecule has 1 atom stereocenters. The summed E-state index contributed by atoms with van der Waals surface area (Å²) in [6.07, 6.45) is 3.53. The van der Waals surface area contributed by atoms with Gasteiger partial charge >= 0.3 is 0 Å². The summed E-state index contributed by atoms with van der Waals surface area (Å²) in [5.74, 6) is 0.730. The highest BCUT2D eigenvalue weighted by Gasteiger charge is 2.04. The first-order chi connectivity index (χ1) is 5.24. The zero-order chi connectivity index (χ0) is 8.27. The number of ether oxygens (including phenoxy) is 1. The Bertz CT molecular complexity index is 224. The third kappa shape index (κ3) is 2.37. The third-order valence-corrected chi connectivity index (χ3v) is 1.91. The highest BCUT2D eigenvalue weighted by atomic mass is 127. The van der Waals surface area contributed by atoms with Gasteiger partial charge in [0.2, 0.25) is 0 Å². The SMILES string of the molecule is COC(C)c1ncc(I)cn1. The van der Waals surface area contributed by atoms with Gasteiger partial charge in [-0.15, -0.1) is 0 Å². The maximum Gasteiger partial charge on any atom is 0.156 e. The van der Waals surface area contributed by atoms with E-state index in [0.29, 0.717) is 0 Å². The van der Waals surface area contributed by atoms with Crippen molar-refractivity contribution < 1.29 is 4.74 Å². The molecule has 0 saturated carbocycles. The van der Waals surface area contributed by atoms with Crippen LogP contribution in [-0.4, -0.2) is 17.1 Å². The van der Waals surface area contributed by atoms with Crippen molar-refractivity contribution in [3.05, 3.63) is 21.8 Å². The van der Waals surface area contributed by atoms with Gasteiger partial charge in [-0.3, -0.25) is 0 Å². The van der Waals surface area contributed by atoms with Gasteiger partial charge in [0.1, 0.15) is 6.10 Å². The number of rotatable bonds is 2. The van der Waals surface area contributed by atoms with Crippen LogP contribution in [-0.2, 0) is 4.74 Å². The van der Waals surface area contributed by atoms with Crippen LogP contribution in [0, 0.1) is 3.57 Å². The van der Waals surface area contributed by atoms with E-state index in [9.17, 15) is 0 Å². The fourth-order valence-electron chi connectivity index (χ4n) is 0.638. The summed E-state index contributed by atoms with van der Waals surface area (Å²) in [4.78, 5) is 8.21. The minimum Gasteiger partial charge on any atom is -0.374 e. The molecule has 1 heterocycles. The summed E-state index contributed by atoms with van der Waals surface area (Å²) in [5.41, 5.74) is 0. The Hall–Kier alpha value is -0.230. The van der Waals surface area contributed by atoms with Gasteiger partial charge in [0.05, 0.1) is 0 Å². The Kier molecular flexibility index (Phi) is 3.19. The molecule has 0 aliphatic rings. The van der Waals surface area contributed by atoms with E-state index in [1.807, 2.05) is 6.92 Å². The fraction of sp³-hybridized carbons (Fsp3) is 0.429. The number of methoxy groups -OCH3 is 1. The zero-order valence-electron chi connectivity index (χ0n) is 6.41. The van der Waals surface area contributed by atoms with Gasteiger partial charge in [-0.1, -0.05) is 0 Å². The van der Waals surface area contributed by atoms with Crippen LogP contribution in [0.2, 0.25) is 0 Å². The van der Waals surface area contributed by atoms with Crippen molar-refractivity contribution in [2.75, 3.05) is 7.11 Å². The first-order valence-electron chi connectivity index (χ1n) is 3.24. The topological polar surface area (TPSA) is 35.0 Å². The summed E-state index contributed by atoms with van der Waals surface area (Å²) in [5, 5.41) is 0. The van der Waals surface area contributed by atoms with E-state index in [-0.39, 0.29) is 6.10 Å². The van der Waals surface area contributed by atoms with Gasteiger partial charge < -0.3 is 4.74 Å². The Labute approximate surface area is 79.3 Å². The normalized spacial score (nSPS) is 13.0. The molecular formula is C7H9IN2O. The van der Waals surface area contributed by atoms with Crippen LogP contribution in [0.25, 0.3) is 0 Å². The van der Waals surface area contributed by atoms with Crippen molar-refractivity contribution in [3.8, 4) is 0 Å². The molecule has 0 radical (unpaired) electrons. The van der Waals surface area contributed by atoms with Gasteiger partial charge in [0.15, 0.2) is 5.82 Å². The molecule has 1 unspecified atom stereocenters. The Morgan fingerprint density at radius 3 is 2.45 bits per heavy atom. The molecule has 1 rings (SSSR count). The maximum absolute atomic E-state index is 5.05. The molecule has 0 N–H and O–H groups in total. The molecular weight excluding hydrogens is 255 g/mol. The summed E-state index contributed by atoms with van der Waals surface area (Å²) in [7, 11) is 1.64. The van der Waals surface area contributed by atoms with Gasteiger partial charge in [0.25, 0.3) is 0 Å². The van der Waals surface area contributed by atoms with E-state index in [4.69, 9.17) is 4.74 Å². The molecule has 0 amide bonds. The average Bonchev–Trinajstić information content (AvgIpc) is 2.05. The fourth-order valence-corrected chi connectivity index (χ4v) is 0.916. The van der Waals surface area contributed by atoms with E-state index in [0.717, 1.165) is 9.39 Å². The Morgan fingerprint density at radius 1 is 1.45 bits per heavy atom. The molecule has 60 valence electrons. The molecule has 0 bridgehead atoms. The lowest BCUT2D eigenvalue weighted by atomic mass is 10.4. The largest absolute Gasteiger partial charge is 0.374 e. The maximum atomic E-state index is 5.05. The molecule has 11 heavy (non-hydrogen) atoms. The first-order valence-corrected chi connectivity index (χ1v) is 4.32. The number of halogens is 1. The van der Waals surface area contributed by atoms with Gasteiger partial charge in [-0.2, -0.15) is 0 Å². The van der Waals surface area contributed by atoms with Crippen molar-refractivity contribution in [2.45, 2.75) is 13.0 Å². The van der Waals surface area contributed by atoms with Crippen LogP contribution >= 0.6 is 22.6 Å². The molecule has 0 fully saturated rings. The van der Waals surface area contributed by atoms with E-state index in [1.54, 1.807) is 19.5 Å². The van der Waals surface area contributed by atoms with Crippen LogP contribution in [0.4, 0.5) is 0 Å². The highest BCUT2D eigenvalue weighted by molar-refractivity contribution is 14.1. The average molecular weight is 264 g/mol. The van der Waals surface area contributed by atoms with E-state index < -0.39 is 0 Å². The second-order valence-electron chi connectivity index (χ2n) is 2.14. The number of nitrogens with zero attached hydrogens (tertiary/aromatic N) is 2. The number of hydrogen-bond donors (Lipinski definition) is 0. The molecule has 0 aromatic carbocycles. The summed E-state index contributed by atoms with van der Waals surface area (Å²) >= 11 is 2.17. The smallest absolute Gasteiger partial charge is 0.156 e. The van der Waals surface area contributed by atoms with Crippen LogP contribution in [0.1, 0.15) is 18.9 Å². The van der Waals surface area contributed by atoms with Crippen molar-refractivity contribution in [1.82, 2.24) is 9.97 Å². The van der Waals surface area contributed by atoms with E-state index in [2.05, 4.69) is 32.6 Å². The molecule has 0 spiro atoms. The molecule has 0 aliphatic carbocycles.